The van der Waals surface area contributed by atoms with Gasteiger partial charge in [0.05, 0.1) is 0 Å². The van der Waals surface area contributed by atoms with Gasteiger partial charge in [0, 0.05) is 0 Å². The molecule has 0 bridgehead atoms. The summed E-state index contributed by atoms with van der Waals surface area (Å²) in [4.78, 5) is 0. The van der Waals surface area contributed by atoms with Crippen LogP contribution in [0.3, 0.4) is 0 Å². The fourth-order valence-corrected chi connectivity index (χ4v) is 0. The molecular weight excluding hydrogens is 98.0 g/mol. The molecule has 0 aliphatic rings. The van der Waals surface area contributed by atoms with Crippen molar-refractivity contribution in [3.8, 4) is 0 Å². The van der Waals surface area contributed by atoms with Gasteiger partial charge in [-0.05, 0) is 0 Å². The molecule has 0 radical (unpaired) electrons. The summed E-state index contributed by atoms with van der Waals surface area (Å²) in [6, 6.07) is 0. The van der Waals surface area contributed by atoms with Crippen molar-refractivity contribution in [1.82, 2.24) is 12.3 Å². The second-order valence-corrected chi connectivity index (χ2v) is 0. The van der Waals surface area contributed by atoms with Crippen molar-refractivity contribution in [3.05, 3.63) is 0 Å². The molecule has 0 fully saturated rings. The van der Waals surface area contributed by atoms with Crippen LogP contribution in [0.1, 0.15) is 13.8 Å². The normalized spacial score (nSPS) is 1.00. The summed E-state index contributed by atoms with van der Waals surface area (Å²) in [5, 5.41) is 0. The van der Waals surface area contributed by atoms with Gasteiger partial charge in [-0.3, -0.25) is 0 Å². The molecule has 34 valence electrons. The third-order valence-corrected chi connectivity index (χ3v) is 0. The van der Waals surface area contributed by atoms with Crippen LogP contribution in [0.25, 0.3) is 0 Å². The number of hydrogen-bond acceptors (Lipinski definition) is 2. The van der Waals surface area contributed by atoms with Crippen LogP contribution in [-0.4, -0.2) is 59.1 Å². The van der Waals surface area contributed by atoms with E-state index in [9.17, 15) is 0 Å². The fourth-order valence-electron chi connectivity index (χ4n) is 0. The first-order valence-corrected chi connectivity index (χ1v) is 1.00. The van der Waals surface area contributed by atoms with E-state index < -0.39 is 0 Å². The molecule has 0 aromatic heterocycles. The van der Waals surface area contributed by atoms with E-state index in [2.05, 4.69) is 0 Å². The summed E-state index contributed by atoms with van der Waals surface area (Å²) in [5.74, 6) is 0. The molecule has 0 unspecified atom stereocenters. The van der Waals surface area contributed by atoms with Crippen LogP contribution >= 0.6 is 0 Å². The van der Waals surface area contributed by atoms with Crippen molar-refractivity contribution >= 4 is 59.1 Å². The summed E-state index contributed by atoms with van der Waals surface area (Å²) >= 11 is 0. The van der Waals surface area contributed by atoms with Crippen molar-refractivity contribution in [2.75, 3.05) is 0 Å². The topological polar surface area (TPSA) is 70.0 Å². The summed E-state index contributed by atoms with van der Waals surface area (Å²) in [7, 11) is 0. The van der Waals surface area contributed by atoms with Gasteiger partial charge in [-0.1, -0.05) is 13.8 Å². The Morgan fingerprint density at radius 3 is 0.667 bits per heavy atom. The summed E-state index contributed by atoms with van der Waals surface area (Å²) in [5.41, 5.74) is 0. The van der Waals surface area contributed by atoms with Gasteiger partial charge in [-0.2, -0.15) is 0 Å². The van der Waals surface area contributed by atoms with E-state index in [4.69, 9.17) is 0 Å². The van der Waals surface area contributed by atoms with E-state index in [1.807, 2.05) is 13.8 Å². The van der Waals surface area contributed by atoms with Crippen molar-refractivity contribution in [2.24, 2.45) is 0 Å². The molecule has 0 atom stereocenters. The SMILES string of the molecule is CC.N.N.[NaH].[NaH]. The molecule has 4 heteroatoms. The Bertz CT molecular complexity index is 9.51. The molecule has 0 aromatic carbocycles. The average Bonchev–Trinajstić information content (AvgIpc) is 1.00. The van der Waals surface area contributed by atoms with Crippen LogP contribution in [0.5, 0.6) is 0 Å². The molecule has 0 amide bonds. The van der Waals surface area contributed by atoms with Crippen LogP contribution in [-0.2, 0) is 0 Å². The Morgan fingerprint density at radius 2 is 0.667 bits per heavy atom. The summed E-state index contributed by atoms with van der Waals surface area (Å²) in [6.07, 6.45) is 0. The first kappa shape index (κ1) is 44.5. The molecule has 0 aliphatic carbocycles. The van der Waals surface area contributed by atoms with Gasteiger partial charge in [0.25, 0.3) is 0 Å². The van der Waals surface area contributed by atoms with E-state index in [0.29, 0.717) is 0 Å². The van der Waals surface area contributed by atoms with Crippen molar-refractivity contribution < 1.29 is 0 Å². The number of hydrogen-bond donors (Lipinski definition) is 2. The first-order valence-electron chi connectivity index (χ1n) is 1.00. The molecule has 0 saturated heterocycles. The Hall–Kier alpha value is 1.92. The summed E-state index contributed by atoms with van der Waals surface area (Å²) in [6.45, 7) is 4.00. The minimum atomic E-state index is 0. The Labute approximate surface area is 84.2 Å². The van der Waals surface area contributed by atoms with Gasteiger partial charge in [-0.15, -0.1) is 0 Å². The quantitative estimate of drug-likeness (QED) is 0.435. The molecule has 6 N–H and O–H groups in total. The number of rotatable bonds is 0. The summed E-state index contributed by atoms with van der Waals surface area (Å²) < 4.78 is 0. The predicted octanol–water partition coefficient (Wildman–Crippen LogP) is 0.0532. The third kappa shape index (κ3) is 38.9. The second-order valence-electron chi connectivity index (χ2n) is 0. The van der Waals surface area contributed by atoms with Crippen molar-refractivity contribution in [3.63, 3.8) is 0 Å². The van der Waals surface area contributed by atoms with Gasteiger partial charge < -0.3 is 12.3 Å². The van der Waals surface area contributed by atoms with E-state index >= 15 is 0 Å². The molecule has 0 spiro atoms. The zero-order valence-corrected chi connectivity index (χ0v) is 3.41. The van der Waals surface area contributed by atoms with E-state index in [0.717, 1.165) is 0 Å². The Balaban J connectivity index is -0.000000000833. The van der Waals surface area contributed by atoms with Gasteiger partial charge >= 0.3 is 59.1 Å². The second kappa shape index (κ2) is 65.8. The van der Waals surface area contributed by atoms with E-state index in [-0.39, 0.29) is 71.4 Å². The van der Waals surface area contributed by atoms with E-state index in [1.165, 1.54) is 0 Å². The molecular formula is C2H14N2Na2. The zero-order valence-electron chi connectivity index (χ0n) is 3.41. The minimum absolute atomic E-state index is 0. The molecule has 0 heterocycles. The van der Waals surface area contributed by atoms with Gasteiger partial charge in [-0.25, -0.2) is 0 Å². The third-order valence-electron chi connectivity index (χ3n) is 0. The fraction of sp³-hybridized carbons (Fsp3) is 1.00. The van der Waals surface area contributed by atoms with Crippen LogP contribution < -0.4 is 12.3 Å². The van der Waals surface area contributed by atoms with Crippen LogP contribution in [0.4, 0.5) is 0 Å². The first-order chi connectivity index (χ1) is 1.00. The molecule has 0 aromatic rings. The zero-order chi connectivity index (χ0) is 2.00. The molecule has 0 rings (SSSR count). The predicted molar refractivity (Wildman–Crippen MR) is 35.7 cm³/mol. The van der Waals surface area contributed by atoms with E-state index in [1.54, 1.807) is 0 Å². The molecule has 6 heavy (non-hydrogen) atoms. The van der Waals surface area contributed by atoms with Gasteiger partial charge in [0.2, 0.25) is 0 Å². The Morgan fingerprint density at radius 1 is 0.667 bits per heavy atom. The van der Waals surface area contributed by atoms with Crippen LogP contribution in [0.15, 0.2) is 0 Å². The van der Waals surface area contributed by atoms with Gasteiger partial charge in [0.15, 0.2) is 0 Å². The van der Waals surface area contributed by atoms with Crippen LogP contribution in [0, 0.1) is 0 Å². The standard InChI is InChI=1S/C2H6.2H3N.2Na.2H/c1-2;;;;;;/h1-2H3;2*1H3;;;;. The maximum absolute atomic E-state index is 2.00. The van der Waals surface area contributed by atoms with Crippen molar-refractivity contribution in [2.45, 2.75) is 13.8 Å². The van der Waals surface area contributed by atoms with Crippen molar-refractivity contribution in [1.29, 1.82) is 0 Å². The molecule has 0 saturated carbocycles. The Kier molecular flexibility index (Phi) is 488. The monoisotopic (exact) mass is 112 g/mol. The van der Waals surface area contributed by atoms with Gasteiger partial charge in [0.1, 0.15) is 0 Å². The maximum atomic E-state index is 2.00. The molecule has 0 aliphatic heterocycles. The molecule has 2 nitrogen and oxygen atoms in total. The average molecular weight is 112 g/mol. The van der Waals surface area contributed by atoms with Crippen LogP contribution in [0.2, 0.25) is 0 Å².